The van der Waals surface area contributed by atoms with E-state index in [1.54, 1.807) is 20.8 Å². The molecular weight excluding hydrogens is 314 g/mol. The van der Waals surface area contributed by atoms with Crippen LogP contribution in [0.4, 0.5) is 5.69 Å². The Morgan fingerprint density at radius 2 is 1.79 bits per heavy atom. The molecule has 7 nitrogen and oxygen atoms in total. The summed E-state index contributed by atoms with van der Waals surface area (Å²) in [6.07, 6.45) is 0.828. The van der Waals surface area contributed by atoms with E-state index in [4.69, 9.17) is 5.11 Å². The molecule has 1 aliphatic rings. The molecule has 1 saturated carbocycles. The lowest BCUT2D eigenvalue weighted by Gasteiger charge is -2.37. The molecule has 0 saturated heterocycles. The van der Waals surface area contributed by atoms with Gasteiger partial charge in [-0.3, -0.25) is 9.59 Å². The summed E-state index contributed by atoms with van der Waals surface area (Å²) in [4.78, 5) is 35.2. The Bertz CT molecular complexity index is 711. The summed E-state index contributed by atoms with van der Waals surface area (Å²) in [5.41, 5.74) is -1.82. The highest BCUT2D eigenvalue weighted by atomic mass is 16.4. The normalized spacial score (nSPS) is 25.2. The minimum absolute atomic E-state index is 0.245. The summed E-state index contributed by atoms with van der Waals surface area (Å²) in [5.74, 6) is -3.49. The molecule has 2 rings (SSSR count). The van der Waals surface area contributed by atoms with E-state index in [0.717, 1.165) is 0 Å². The van der Waals surface area contributed by atoms with E-state index in [0.29, 0.717) is 12.8 Å². The highest BCUT2D eigenvalue weighted by Gasteiger charge is 2.58. The fourth-order valence-corrected chi connectivity index (χ4v) is 3.36. The van der Waals surface area contributed by atoms with Gasteiger partial charge in [0.2, 0.25) is 5.91 Å². The van der Waals surface area contributed by atoms with Crippen LogP contribution in [0, 0.1) is 16.7 Å². The third kappa shape index (κ3) is 2.70. The minimum atomic E-state index is -1.30. The molecule has 130 valence electrons. The SMILES string of the molecule is CC1(C(=O)O)CCC(C(=O)Nc2ccc(O)c(C(=O)O)c2)C1(C)C. The van der Waals surface area contributed by atoms with Crippen molar-refractivity contribution in [2.75, 3.05) is 5.32 Å². The molecule has 1 aromatic rings. The van der Waals surface area contributed by atoms with Crippen molar-refractivity contribution >= 4 is 23.5 Å². The van der Waals surface area contributed by atoms with Gasteiger partial charge in [0.25, 0.3) is 0 Å². The van der Waals surface area contributed by atoms with Crippen molar-refractivity contribution in [3.8, 4) is 5.75 Å². The van der Waals surface area contributed by atoms with Gasteiger partial charge in [0.15, 0.2) is 0 Å². The molecule has 0 spiro atoms. The molecule has 0 aromatic heterocycles. The Morgan fingerprint density at radius 3 is 2.29 bits per heavy atom. The van der Waals surface area contributed by atoms with Crippen LogP contribution >= 0.6 is 0 Å². The largest absolute Gasteiger partial charge is 0.507 e. The molecule has 1 aromatic carbocycles. The smallest absolute Gasteiger partial charge is 0.339 e. The number of hydrogen-bond acceptors (Lipinski definition) is 4. The lowest BCUT2D eigenvalue weighted by Crippen LogP contribution is -2.43. The van der Waals surface area contributed by atoms with Gasteiger partial charge in [0.1, 0.15) is 11.3 Å². The summed E-state index contributed by atoms with van der Waals surface area (Å²) in [5, 5.41) is 30.6. The Balaban J connectivity index is 2.24. The van der Waals surface area contributed by atoms with E-state index in [-0.39, 0.29) is 22.9 Å². The maximum atomic E-state index is 12.6. The topological polar surface area (TPSA) is 124 Å². The number of benzene rings is 1. The first-order valence-electron chi connectivity index (χ1n) is 7.61. The molecule has 0 aliphatic heterocycles. The molecule has 1 aliphatic carbocycles. The monoisotopic (exact) mass is 335 g/mol. The standard InChI is InChI=1S/C17H21NO6/c1-16(2)11(6-7-17(16,3)15(23)24)13(20)18-9-4-5-12(19)10(8-9)14(21)22/h4-5,8,11,19H,6-7H2,1-3H3,(H,18,20)(H,21,22)(H,23,24). The Morgan fingerprint density at radius 1 is 1.17 bits per heavy atom. The maximum Gasteiger partial charge on any atom is 0.339 e. The van der Waals surface area contributed by atoms with Gasteiger partial charge >= 0.3 is 11.9 Å². The van der Waals surface area contributed by atoms with Gasteiger partial charge in [0, 0.05) is 11.6 Å². The fourth-order valence-electron chi connectivity index (χ4n) is 3.36. The van der Waals surface area contributed by atoms with Crippen molar-refractivity contribution in [2.45, 2.75) is 33.6 Å². The van der Waals surface area contributed by atoms with Crippen molar-refractivity contribution in [3.63, 3.8) is 0 Å². The second-order valence-electron chi connectivity index (χ2n) is 6.98. The number of aromatic hydroxyl groups is 1. The molecule has 2 atom stereocenters. The van der Waals surface area contributed by atoms with Crippen LogP contribution in [0.2, 0.25) is 0 Å². The molecule has 0 radical (unpaired) electrons. The predicted octanol–water partition coefficient (Wildman–Crippen LogP) is 2.56. The summed E-state index contributed by atoms with van der Waals surface area (Å²) in [7, 11) is 0. The van der Waals surface area contributed by atoms with E-state index >= 15 is 0 Å². The number of amides is 1. The zero-order valence-electron chi connectivity index (χ0n) is 13.8. The number of aliphatic carboxylic acids is 1. The molecule has 1 fully saturated rings. The van der Waals surface area contributed by atoms with Crippen LogP contribution in [0.25, 0.3) is 0 Å². The number of rotatable bonds is 4. The molecule has 1 amide bonds. The number of anilines is 1. The first kappa shape index (κ1) is 17.8. The highest BCUT2D eigenvalue weighted by Crippen LogP contribution is 2.56. The van der Waals surface area contributed by atoms with E-state index in [9.17, 15) is 24.6 Å². The van der Waals surface area contributed by atoms with Gasteiger partial charge in [-0.2, -0.15) is 0 Å². The van der Waals surface area contributed by atoms with Gasteiger partial charge in [0.05, 0.1) is 5.41 Å². The number of hydrogen-bond donors (Lipinski definition) is 4. The minimum Gasteiger partial charge on any atom is -0.507 e. The molecule has 0 bridgehead atoms. The highest BCUT2D eigenvalue weighted by molar-refractivity contribution is 5.97. The zero-order chi connectivity index (χ0) is 18.3. The second kappa shape index (κ2) is 5.81. The third-order valence-electron chi connectivity index (χ3n) is 5.51. The summed E-state index contributed by atoms with van der Waals surface area (Å²) < 4.78 is 0. The number of carboxylic acid groups (broad SMARTS) is 2. The molecule has 2 unspecified atom stereocenters. The number of carbonyl (C=O) groups is 3. The van der Waals surface area contributed by atoms with Crippen LogP contribution < -0.4 is 5.32 Å². The summed E-state index contributed by atoms with van der Waals surface area (Å²) in [6, 6.07) is 3.77. The Labute approximate surface area is 139 Å². The van der Waals surface area contributed by atoms with Crippen LogP contribution in [-0.4, -0.2) is 33.2 Å². The molecule has 4 N–H and O–H groups in total. The van der Waals surface area contributed by atoms with Crippen molar-refractivity contribution < 1.29 is 29.7 Å². The molecule has 7 heteroatoms. The Hall–Kier alpha value is -2.57. The average Bonchev–Trinajstić information content (AvgIpc) is 2.72. The number of aromatic carboxylic acids is 1. The van der Waals surface area contributed by atoms with Crippen LogP contribution in [-0.2, 0) is 9.59 Å². The van der Waals surface area contributed by atoms with E-state index < -0.39 is 28.7 Å². The molecule has 24 heavy (non-hydrogen) atoms. The van der Waals surface area contributed by atoms with Gasteiger partial charge in [-0.25, -0.2) is 4.79 Å². The van der Waals surface area contributed by atoms with Crippen molar-refractivity contribution in [2.24, 2.45) is 16.7 Å². The van der Waals surface area contributed by atoms with E-state index in [1.165, 1.54) is 18.2 Å². The fraction of sp³-hybridized carbons (Fsp3) is 0.471. The molecule has 0 heterocycles. The maximum absolute atomic E-state index is 12.6. The number of carboxylic acids is 2. The third-order valence-corrected chi connectivity index (χ3v) is 5.51. The van der Waals surface area contributed by atoms with Gasteiger partial charge < -0.3 is 20.6 Å². The number of carbonyl (C=O) groups excluding carboxylic acids is 1. The average molecular weight is 335 g/mol. The van der Waals surface area contributed by atoms with Gasteiger partial charge in [-0.15, -0.1) is 0 Å². The lowest BCUT2D eigenvalue weighted by molar-refractivity contribution is -0.154. The first-order chi connectivity index (χ1) is 11.0. The quantitative estimate of drug-likeness (QED) is 0.627. The van der Waals surface area contributed by atoms with Crippen molar-refractivity contribution in [1.29, 1.82) is 0 Å². The predicted molar refractivity (Wildman–Crippen MR) is 85.9 cm³/mol. The lowest BCUT2D eigenvalue weighted by atomic mass is 9.65. The second-order valence-corrected chi connectivity index (χ2v) is 6.98. The van der Waals surface area contributed by atoms with Crippen molar-refractivity contribution in [3.05, 3.63) is 23.8 Å². The van der Waals surface area contributed by atoms with Crippen LogP contribution in [0.15, 0.2) is 18.2 Å². The van der Waals surface area contributed by atoms with Crippen LogP contribution in [0.1, 0.15) is 44.0 Å². The van der Waals surface area contributed by atoms with Crippen LogP contribution in [0.5, 0.6) is 5.75 Å². The number of phenols is 1. The molecular formula is C17H21NO6. The van der Waals surface area contributed by atoms with Crippen LogP contribution in [0.3, 0.4) is 0 Å². The summed E-state index contributed by atoms with van der Waals surface area (Å²) in [6.45, 7) is 5.17. The Kier molecular flexibility index (Phi) is 4.31. The van der Waals surface area contributed by atoms with Crippen molar-refractivity contribution in [1.82, 2.24) is 0 Å². The zero-order valence-corrected chi connectivity index (χ0v) is 13.8. The van der Waals surface area contributed by atoms with Gasteiger partial charge in [-0.05, 0) is 43.4 Å². The van der Waals surface area contributed by atoms with E-state index in [1.807, 2.05) is 0 Å². The first-order valence-corrected chi connectivity index (χ1v) is 7.61. The van der Waals surface area contributed by atoms with E-state index in [2.05, 4.69) is 5.32 Å². The van der Waals surface area contributed by atoms with Gasteiger partial charge in [-0.1, -0.05) is 13.8 Å². The summed E-state index contributed by atoms with van der Waals surface area (Å²) >= 11 is 0. The number of nitrogens with one attached hydrogen (secondary N) is 1.